The van der Waals surface area contributed by atoms with Crippen LogP contribution in [0.15, 0.2) is 0 Å². The van der Waals surface area contributed by atoms with E-state index in [1.54, 1.807) is 0 Å². The molecule has 2 fully saturated rings. The maximum absolute atomic E-state index is 13.4. The molecule has 0 saturated carbocycles. The summed E-state index contributed by atoms with van der Waals surface area (Å²) in [6.07, 6.45) is 29.5. The van der Waals surface area contributed by atoms with Gasteiger partial charge in [-0.1, -0.05) is 40.0 Å². The van der Waals surface area contributed by atoms with Crippen molar-refractivity contribution in [1.29, 1.82) is 0 Å². The van der Waals surface area contributed by atoms with Gasteiger partial charge in [0.05, 0.1) is 0 Å². The monoisotopic (exact) mass is 1190 g/mol. The Balaban J connectivity index is 1.87. The molecule has 0 aromatic heterocycles. The van der Waals surface area contributed by atoms with Crippen molar-refractivity contribution in [3.63, 3.8) is 0 Å². The van der Waals surface area contributed by atoms with Crippen LogP contribution in [0.2, 0.25) is 0 Å². The van der Waals surface area contributed by atoms with Gasteiger partial charge in [0.2, 0.25) is 0 Å². The van der Waals surface area contributed by atoms with Gasteiger partial charge in [0, 0.05) is 0 Å². The van der Waals surface area contributed by atoms with Crippen LogP contribution in [0.3, 0.4) is 0 Å². The van der Waals surface area contributed by atoms with Gasteiger partial charge in [-0.25, -0.2) is 0 Å². The van der Waals surface area contributed by atoms with Gasteiger partial charge >= 0.3 is 319 Å². The molecule has 322 valence electrons. The predicted octanol–water partition coefficient (Wildman–Crippen LogP) is 9.85. The first kappa shape index (κ1) is 50.7. The molecule has 0 N–H and O–H groups in total. The second kappa shape index (κ2) is 32.4. The topological polar surface area (TPSA) is 158 Å². The molecule has 0 aromatic rings. The van der Waals surface area contributed by atoms with E-state index in [1.807, 2.05) is 0 Å². The molecule has 2 aliphatic rings. The minimum atomic E-state index is -4.35. The number of hydrogen-bond acceptors (Lipinski definition) is 12. The van der Waals surface area contributed by atoms with E-state index in [0.29, 0.717) is 32.1 Å². The van der Waals surface area contributed by atoms with Gasteiger partial charge in [0.1, 0.15) is 0 Å². The number of carbonyl (C=O) groups excluding carboxylic acids is 6. The van der Waals surface area contributed by atoms with Gasteiger partial charge in [0.25, 0.3) is 0 Å². The molecule has 12 nitrogen and oxygen atoms in total. The number of hydrogen-bond donors (Lipinski definition) is 0. The van der Waals surface area contributed by atoms with Gasteiger partial charge in [0.15, 0.2) is 0 Å². The number of carbonyl (C=O) groups is 6. The van der Waals surface area contributed by atoms with Crippen molar-refractivity contribution in [3.05, 3.63) is 0 Å². The van der Waals surface area contributed by atoms with Crippen LogP contribution in [0, 0.1) is 17.8 Å². The molecule has 56 heavy (non-hydrogen) atoms. The van der Waals surface area contributed by atoms with Gasteiger partial charge in [-0.3, -0.25) is 0 Å². The quantitative estimate of drug-likeness (QED) is 0.0342. The van der Waals surface area contributed by atoms with Crippen LogP contribution in [0.1, 0.15) is 213 Å². The Morgan fingerprint density at radius 2 is 0.679 bits per heavy atom. The van der Waals surface area contributed by atoms with E-state index in [1.165, 1.54) is 89.9 Å². The fraction of sp³-hybridized carbons (Fsp3) is 0.857. The molecule has 2 rings (SSSR count). The van der Waals surface area contributed by atoms with Crippen LogP contribution in [-0.4, -0.2) is 82.0 Å². The Hall–Kier alpha value is -1.41. The van der Waals surface area contributed by atoms with Crippen LogP contribution in [-0.2, 0) is 45.6 Å². The summed E-state index contributed by atoms with van der Waals surface area (Å²) in [4.78, 5) is 77.9. The zero-order valence-corrected chi connectivity index (χ0v) is 41.7. The van der Waals surface area contributed by atoms with E-state index >= 15 is 0 Å². The van der Waals surface area contributed by atoms with E-state index < -0.39 is 99.7 Å². The third-order valence-corrected chi connectivity index (χ3v) is 18.2. The van der Waals surface area contributed by atoms with Crippen molar-refractivity contribution in [2.24, 2.45) is 17.8 Å². The average Bonchev–Trinajstić information content (AvgIpc) is 3.16. The van der Waals surface area contributed by atoms with Crippen molar-refractivity contribution >= 4 is 82.0 Å². The zero-order valence-electron chi connectivity index (χ0n) is 34.7. The maximum atomic E-state index is 13.4. The van der Waals surface area contributed by atoms with Crippen molar-refractivity contribution < 1.29 is 45.6 Å². The van der Waals surface area contributed by atoms with Crippen molar-refractivity contribution in [2.45, 2.75) is 213 Å². The Morgan fingerprint density at radius 1 is 0.429 bits per heavy atom. The molecule has 0 radical (unpaired) electrons. The third-order valence-electron chi connectivity index (χ3n) is 10.5. The Bertz CT molecular complexity index is 1040. The Morgan fingerprint density at radius 3 is 0.964 bits per heavy atom. The van der Waals surface area contributed by atoms with Gasteiger partial charge in [-0.2, -0.15) is 0 Å². The standard InChI is InChI=1S/3C14H26O4.2Bi/c3*1-2-3-4-5-6-7-8-9-10-11-12(13(15)16)14(17)18;;/h3*12H,2-11H2,1H3,(H,15,16)(H,17,18);;/q;;;2*+3/p-6. The average molecular weight is 1190 g/mol. The van der Waals surface area contributed by atoms with E-state index in [9.17, 15) is 28.8 Å². The molecule has 0 spiro atoms. The normalized spacial score (nSPS) is 15.8. The summed E-state index contributed by atoms with van der Waals surface area (Å²) in [5.74, 6) is -8.60. The van der Waals surface area contributed by atoms with Crippen LogP contribution >= 0.6 is 0 Å². The summed E-state index contributed by atoms with van der Waals surface area (Å²) in [5.41, 5.74) is 0. The molecule has 0 amide bonds. The SMILES string of the molecule is CCCCCCCCCCCC1C(=O)[O][Bi]([O]C(=O)C(CCCCCCCCCCC)C(=O)[O][Bi]2[O]C(=O)C(CCCCCCCCCCC)C(=O)[O]2)[O]C1=O. The molecule has 2 aliphatic heterocycles. The Kier molecular flexibility index (Phi) is 29.4. The van der Waals surface area contributed by atoms with E-state index in [2.05, 4.69) is 20.8 Å². The molecule has 0 aliphatic carbocycles. The first-order valence-corrected chi connectivity index (χ1v) is 30.6. The van der Waals surface area contributed by atoms with Crippen molar-refractivity contribution in [2.75, 3.05) is 0 Å². The molecule has 0 aromatic carbocycles. The molecule has 2 saturated heterocycles. The molecular weight excluding hydrogens is 1110 g/mol. The van der Waals surface area contributed by atoms with E-state index in [4.69, 9.17) is 16.9 Å². The number of unbranched alkanes of at least 4 members (excludes halogenated alkanes) is 24. The predicted molar refractivity (Wildman–Crippen MR) is 214 cm³/mol. The summed E-state index contributed by atoms with van der Waals surface area (Å²) in [5, 5.41) is 0. The first-order chi connectivity index (χ1) is 27.2. The Labute approximate surface area is 356 Å². The third kappa shape index (κ3) is 22.1. The summed E-state index contributed by atoms with van der Waals surface area (Å²) < 4.78 is 32.3. The van der Waals surface area contributed by atoms with Gasteiger partial charge < -0.3 is 0 Å². The van der Waals surface area contributed by atoms with Crippen molar-refractivity contribution in [3.8, 4) is 0 Å². The van der Waals surface area contributed by atoms with Crippen LogP contribution in [0.5, 0.6) is 0 Å². The second-order valence-electron chi connectivity index (χ2n) is 15.4. The van der Waals surface area contributed by atoms with Crippen LogP contribution in [0.4, 0.5) is 0 Å². The van der Waals surface area contributed by atoms with Gasteiger partial charge in [-0.15, -0.1) is 0 Å². The minimum absolute atomic E-state index is 0.0644. The summed E-state index contributed by atoms with van der Waals surface area (Å²) in [7, 11) is 0. The second-order valence-corrected chi connectivity index (χ2v) is 23.2. The van der Waals surface area contributed by atoms with Gasteiger partial charge in [-0.05, 0) is 0 Å². The summed E-state index contributed by atoms with van der Waals surface area (Å²) in [6, 6.07) is 0. The fourth-order valence-electron chi connectivity index (χ4n) is 6.91. The van der Waals surface area contributed by atoms with Crippen LogP contribution in [0.25, 0.3) is 0 Å². The van der Waals surface area contributed by atoms with E-state index in [-0.39, 0.29) is 6.42 Å². The summed E-state index contributed by atoms with van der Waals surface area (Å²) >= 11 is -8.69. The zero-order chi connectivity index (χ0) is 40.8. The molecule has 0 unspecified atom stereocenters. The van der Waals surface area contributed by atoms with E-state index in [0.717, 1.165) is 64.2 Å². The van der Waals surface area contributed by atoms with Crippen LogP contribution < -0.4 is 0 Å². The van der Waals surface area contributed by atoms with Crippen molar-refractivity contribution in [1.82, 2.24) is 0 Å². The number of rotatable bonds is 34. The molecule has 2 heterocycles. The molecule has 0 atom stereocenters. The first-order valence-electron chi connectivity index (χ1n) is 22.1. The summed E-state index contributed by atoms with van der Waals surface area (Å²) in [6.45, 7) is 6.56. The fourth-order valence-corrected chi connectivity index (χ4v) is 14.2. The molecular formula is C42H72Bi2O12. The molecule has 0 bridgehead atoms. The molecule has 14 heteroatoms.